The maximum absolute atomic E-state index is 12.9. The Labute approximate surface area is 181 Å². The molecule has 0 bridgehead atoms. The van der Waals surface area contributed by atoms with E-state index in [4.69, 9.17) is 21.1 Å². The Morgan fingerprint density at radius 3 is 2.67 bits per heavy atom. The van der Waals surface area contributed by atoms with Gasteiger partial charge in [-0.1, -0.05) is 11.6 Å². The molecule has 1 aliphatic heterocycles. The lowest BCUT2D eigenvalue weighted by Crippen LogP contribution is -2.43. The van der Waals surface area contributed by atoms with Crippen molar-refractivity contribution in [1.29, 1.82) is 0 Å². The Hall–Kier alpha value is -2.77. The Morgan fingerprint density at radius 1 is 1.13 bits per heavy atom. The SMILES string of the molecule is COc1ccc2c(c1)CCCN2C(=O)CN(C)CC(=O)Nc1cc(Cl)ccc1OC. The fourth-order valence-electron chi connectivity index (χ4n) is 3.54. The van der Waals surface area contributed by atoms with E-state index in [2.05, 4.69) is 5.32 Å². The minimum Gasteiger partial charge on any atom is -0.497 e. The first kappa shape index (κ1) is 21.9. The average Bonchev–Trinajstić information content (AvgIpc) is 2.72. The third kappa shape index (κ3) is 5.23. The van der Waals surface area contributed by atoms with Crippen molar-refractivity contribution in [3.8, 4) is 11.5 Å². The molecule has 1 heterocycles. The Morgan fingerprint density at radius 2 is 1.93 bits per heavy atom. The molecule has 1 aliphatic rings. The van der Waals surface area contributed by atoms with Crippen molar-refractivity contribution in [2.24, 2.45) is 0 Å². The Bertz CT molecular complexity index is 935. The number of carbonyl (C=O) groups is 2. The average molecular weight is 432 g/mol. The summed E-state index contributed by atoms with van der Waals surface area (Å²) in [5.41, 5.74) is 2.50. The van der Waals surface area contributed by atoms with Crippen LogP contribution < -0.4 is 19.7 Å². The lowest BCUT2D eigenvalue weighted by atomic mass is 10.0. The van der Waals surface area contributed by atoms with E-state index < -0.39 is 0 Å². The molecule has 2 aromatic rings. The molecule has 0 atom stereocenters. The number of aryl methyl sites for hydroxylation is 1. The van der Waals surface area contributed by atoms with Gasteiger partial charge in [0.15, 0.2) is 0 Å². The molecule has 7 nitrogen and oxygen atoms in total. The third-order valence-electron chi connectivity index (χ3n) is 4.96. The van der Waals surface area contributed by atoms with Crippen molar-refractivity contribution >= 4 is 34.8 Å². The van der Waals surface area contributed by atoms with Gasteiger partial charge in [-0.05, 0) is 61.9 Å². The molecular weight excluding hydrogens is 406 g/mol. The van der Waals surface area contributed by atoms with E-state index >= 15 is 0 Å². The van der Waals surface area contributed by atoms with Gasteiger partial charge in [0.1, 0.15) is 11.5 Å². The number of carbonyl (C=O) groups excluding carboxylic acids is 2. The van der Waals surface area contributed by atoms with Crippen LogP contribution in [0, 0.1) is 0 Å². The smallest absolute Gasteiger partial charge is 0.241 e. The molecule has 0 aliphatic carbocycles. The zero-order valence-corrected chi connectivity index (χ0v) is 18.2. The molecule has 1 N–H and O–H groups in total. The second-order valence-corrected chi connectivity index (χ2v) is 7.65. The molecule has 2 aromatic carbocycles. The van der Waals surface area contributed by atoms with Gasteiger partial charge in [0.2, 0.25) is 11.8 Å². The van der Waals surface area contributed by atoms with Crippen LogP contribution in [0.3, 0.4) is 0 Å². The van der Waals surface area contributed by atoms with E-state index in [1.54, 1.807) is 42.2 Å². The molecule has 0 aromatic heterocycles. The highest BCUT2D eigenvalue weighted by Crippen LogP contribution is 2.31. The van der Waals surface area contributed by atoms with Crippen LogP contribution >= 0.6 is 11.6 Å². The van der Waals surface area contributed by atoms with Crippen molar-refractivity contribution in [1.82, 2.24) is 4.90 Å². The van der Waals surface area contributed by atoms with Gasteiger partial charge in [0.05, 0.1) is 33.0 Å². The number of rotatable bonds is 7. The van der Waals surface area contributed by atoms with E-state index in [1.807, 2.05) is 18.2 Å². The number of hydrogen-bond acceptors (Lipinski definition) is 5. The number of nitrogens with one attached hydrogen (secondary N) is 1. The summed E-state index contributed by atoms with van der Waals surface area (Å²) >= 11 is 6.00. The second kappa shape index (κ2) is 9.82. The van der Waals surface area contributed by atoms with Gasteiger partial charge in [-0.3, -0.25) is 14.5 Å². The normalized spacial score (nSPS) is 13.0. The highest BCUT2D eigenvalue weighted by atomic mass is 35.5. The molecule has 0 spiro atoms. The van der Waals surface area contributed by atoms with Crippen LogP contribution in [0.2, 0.25) is 5.02 Å². The van der Waals surface area contributed by atoms with Crippen LogP contribution in [0.4, 0.5) is 11.4 Å². The quantitative estimate of drug-likeness (QED) is 0.728. The van der Waals surface area contributed by atoms with Crippen LogP contribution in [0.15, 0.2) is 36.4 Å². The predicted molar refractivity (Wildman–Crippen MR) is 118 cm³/mol. The van der Waals surface area contributed by atoms with E-state index in [9.17, 15) is 9.59 Å². The van der Waals surface area contributed by atoms with Crippen LogP contribution in [0.25, 0.3) is 0 Å². The minimum atomic E-state index is -0.255. The topological polar surface area (TPSA) is 71.1 Å². The van der Waals surface area contributed by atoms with Crippen LogP contribution in [0.5, 0.6) is 11.5 Å². The number of likely N-dealkylation sites (N-methyl/N-ethyl adjacent to an activating group) is 1. The van der Waals surface area contributed by atoms with Gasteiger partial charge in [0, 0.05) is 17.3 Å². The summed E-state index contributed by atoms with van der Waals surface area (Å²) < 4.78 is 10.5. The first-order chi connectivity index (χ1) is 14.4. The summed E-state index contributed by atoms with van der Waals surface area (Å²) in [5.74, 6) is 1.01. The molecule has 3 rings (SSSR count). The van der Waals surface area contributed by atoms with Gasteiger partial charge in [-0.2, -0.15) is 0 Å². The van der Waals surface area contributed by atoms with E-state index in [0.717, 1.165) is 29.8 Å². The van der Waals surface area contributed by atoms with Crippen molar-refractivity contribution in [3.63, 3.8) is 0 Å². The lowest BCUT2D eigenvalue weighted by molar-refractivity contribution is -0.121. The highest BCUT2D eigenvalue weighted by Gasteiger charge is 2.24. The van der Waals surface area contributed by atoms with Crippen molar-refractivity contribution in [3.05, 3.63) is 47.0 Å². The Balaban J connectivity index is 1.60. The van der Waals surface area contributed by atoms with Crippen molar-refractivity contribution in [2.45, 2.75) is 12.8 Å². The van der Waals surface area contributed by atoms with Crippen molar-refractivity contribution < 1.29 is 19.1 Å². The maximum atomic E-state index is 12.9. The number of ether oxygens (including phenoxy) is 2. The highest BCUT2D eigenvalue weighted by molar-refractivity contribution is 6.31. The molecule has 0 radical (unpaired) electrons. The van der Waals surface area contributed by atoms with E-state index in [1.165, 1.54) is 7.11 Å². The first-order valence-corrected chi connectivity index (χ1v) is 10.1. The fraction of sp³-hybridized carbons (Fsp3) is 0.364. The molecule has 8 heteroatoms. The zero-order chi connectivity index (χ0) is 21.7. The lowest BCUT2D eigenvalue weighted by Gasteiger charge is -2.31. The first-order valence-electron chi connectivity index (χ1n) is 9.70. The summed E-state index contributed by atoms with van der Waals surface area (Å²) in [7, 11) is 4.90. The van der Waals surface area contributed by atoms with Gasteiger partial charge in [0.25, 0.3) is 0 Å². The summed E-state index contributed by atoms with van der Waals surface area (Å²) in [6, 6.07) is 10.8. The molecular formula is C22H26ClN3O4. The maximum Gasteiger partial charge on any atom is 0.241 e. The monoisotopic (exact) mass is 431 g/mol. The molecule has 0 saturated carbocycles. The number of methoxy groups -OCH3 is 2. The van der Waals surface area contributed by atoms with E-state index in [-0.39, 0.29) is 24.9 Å². The molecule has 0 unspecified atom stereocenters. The molecule has 30 heavy (non-hydrogen) atoms. The standard InChI is InChI=1S/C22H26ClN3O4/c1-25(13-21(27)24-18-12-16(23)6-9-20(18)30-3)14-22(28)26-10-4-5-15-11-17(29-2)7-8-19(15)26/h6-9,11-12H,4-5,10,13-14H2,1-3H3,(H,24,27). The third-order valence-corrected chi connectivity index (χ3v) is 5.20. The van der Waals surface area contributed by atoms with Gasteiger partial charge < -0.3 is 19.7 Å². The molecule has 0 fully saturated rings. The fourth-order valence-corrected chi connectivity index (χ4v) is 3.72. The number of benzene rings is 2. The summed E-state index contributed by atoms with van der Waals surface area (Å²) in [4.78, 5) is 28.8. The van der Waals surface area contributed by atoms with Crippen LogP contribution in [0.1, 0.15) is 12.0 Å². The number of fused-ring (bicyclic) bond motifs is 1. The number of anilines is 2. The van der Waals surface area contributed by atoms with E-state index in [0.29, 0.717) is 23.0 Å². The number of hydrogen-bond donors (Lipinski definition) is 1. The number of nitrogens with zero attached hydrogens (tertiary/aromatic N) is 2. The summed E-state index contributed by atoms with van der Waals surface area (Å²) in [5, 5.41) is 3.28. The zero-order valence-electron chi connectivity index (χ0n) is 17.4. The summed E-state index contributed by atoms with van der Waals surface area (Å²) in [6.45, 7) is 0.855. The van der Waals surface area contributed by atoms with Crippen LogP contribution in [-0.2, 0) is 16.0 Å². The molecule has 160 valence electrons. The minimum absolute atomic E-state index is 0.0447. The summed E-state index contributed by atoms with van der Waals surface area (Å²) in [6.07, 6.45) is 1.81. The Kier molecular flexibility index (Phi) is 7.18. The molecule has 2 amide bonds. The predicted octanol–water partition coefficient (Wildman–Crippen LogP) is 3.21. The van der Waals surface area contributed by atoms with Gasteiger partial charge in [-0.25, -0.2) is 0 Å². The van der Waals surface area contributed by atoms with Crippen LogP contribution in [-0.4, -0.2) is 57.6 Å². The van der Waals surface area contributed by atoms with Crippen molar-refractivity contribution in [2.75, 3.05) is 51.1 Å². The largest absolute Gasteiger partial charge is 0.497 e. The van der Waals surface area contributed by atoms with Gasteiger partial charge in [-0.15, -0.1) is 0 Å². The number of amides is 2. The molecule has 0 saturated heterocycles. The second-order valence-electron chi connectivity index (χ2n) is 7.21. The van der Waals surface area contributed by atoms with Gasteiger partial charge >= 0.3 is 0 Å². The number of halogens is 1.